The Hall–Kier alpha value is -0.530. The lowest BCUT2D eigenvalue weighted by molar-refractivity contribution is 0.355. The van der Waals surface area contributed by atoms with Gasteiger partial charge in [0.1, 0.15) is 0 Å². The second-order valence-electron chi connectivity index (χ2n) is 6.22. The average molecular weight is 280 g/mol. The summed E-state index contributed by atoms with van der Waals surface area (Å²) in [6.07, 6.45) is 9.78. The normalized spacial score (nSPS) is 28.1. The fourth-order valence-electron chi connectivity index (χ4n) is 3.40. The number of nitrogens with two attached hydrogens (primary N) is 1. The van der Waals surface area contributed by atoms with Crippen LogP contribution in [0.3, 0.4) is 0 Å². The van der Waals surface area contributed by atoms with E-state index in [0.717, 1.165) is 30.2 Å². The van der Waals surface area contributed by atoms with Crippen LogP contribution in [0.5, 0.6) is 0 Å². The van der Waals surface area contributed by atoms with Crippen LogP contribution >= 0.6 is 11.6 Å². The Balaban J connectivity index is 2.01. The Kier molecular flexibility index (Phi) is 5.29. The summed E-state index contributed by atoms with van der Waals surface area (Å²) < 4.78 is 0. The van der Waals surface area contributed by atoms with E-state index < -0.39 is 0 Å². The Bertz CT molecular complexity index is 404. The molecule has 1 aromatic rings. The van der Waals surface area contributed by atoms with Crippen LogP contribution in [0, 0.1) is 5.92 Å². The number of halogens is 1. The van der Waals surface area contributed by atoms with E-state index in [1.165, 1.54) is 37.7 Å². The molecule has 1 aliphatic carbocycles. The van der Waals surface area contributed by atoms with Crippen molar-refractivity contribution in [3.05, 3.63) is 34.9 Å². The lowest BCUT2D eigenvalue weighted by atomic mass is 9.84. The molecule has 0 aromatic heterocycles. The van der Waals surface area contributed by atoms with Gasteiger partial charge >= 0.3 is 0 Å². The lowest BCUT2D eigenvalue weighted by Crippen LogP contribution is -2.41. The highest BCUT2D eigenvalue weighted by molar-refractivity contribution is 6.31. The minimum atomic E-state index is -0.0481. The van der Waals surface area contributed by atoms with Crippen molar-refractivity contribution in [2.24, 2.45) is 11.7 Å². The van der Waals surface area contributed by atoms with Crippen LogP contribution in [-0.4, -0.2) is 5.54 Å². The van der Waals surface area contributed by atoms with Gasteiger partial charge in [0.25, 0.3) is 0 Å². The van der Waals surface area contributed by atoms with Crippen LogP contribution in [0.2, 0.25) is 5.02 Å². The van der Waals surface area contributed by atoms with Gasteiger partial charge in [0.2, 0.25) is 0 Å². The van der Waals surface area contributed by atoms with Gasteiger partial charge in [-0.2, -0.15) is 0 Å². The summed E-state index contributed by atoms with van der Waals surface area (Å²) in [5, 5.41) is 0.863. The SMILES string of the molecule is CCCC1CCCC(N)(Cc2ccccc2Cl)CC1. The summed E-state index contributed by atoms with van der Waals surface area (Å²) >= 11 is 6.27. The molecule has 1 fully saturated rings. The Labute approximate surface area is 122 Å². The standard InChI is InChI=1S/C17H26ClN/c1-2-6-14-7-5-11-17(19,12-10-14)13-15-8-3-4-9-16(15)18/h3-4,8-9,14H,2,5-7,10-13,19H2,1H3. The van der Waals surface area contributed by atoms with Gasteiger partial charge in [0.05, 0.1) is 0 Å². The maximum Gasteiger partial charge on any atom is 0.0438 e. The molecule has 0 heterocycles. The molecule has 1 aliphatic rings. The van der Waals surface area contributed by atoms with E-state index in [1.54, 1.807) is 0 Å². The van der Waals surface area contributed by atoms with Crippen LogP contribution in [0.15, 0.2) is 24.3 Å². The van der Waals surface area contributed by atoms with Crippen LogP contribution in [0.4, 0.5) is 0 Å². The van der Waals surface area contributed by atoms with Crippen molar-refractivity contribution in [2.45, 2.75) is 63.8 Å². The molecule has 0 aliphatic heterocycles. The van der Waals surface area contributed by atoms with E-state index in [-0.39, 0.29) is 5.54 Å². The molecule has 1 nitrogen and oxygen atoms in total. The fourth-order valence-corrected chi connectivity index (χ4v) is 3.60. The molecule has 19 heavy (non-hydrogen) atoms. The smallest absolute Gasteiger partial charge is 0.0438 e. The highest BCUT2D eigenvalue weighted by atomic mass is 35.5. The van der Waals surface area contributed by atoms with E-state index >= 15 is 0 Å². The predicted molar refractivity (Wildman–Crippen MR) is 83.6 cm³/mol. The molecule has 0 amide bonds. The second kappa shape index (κ2) is 6.76. The van der Waals surface area contributed by atoms with Gasteiger partial charge < -0.3 is 5.73 Å². The van der Waals surface area contributed by atoms with Crippen molar-refractivity contribution in [1.82, 2.24) is 0 Å². The molecule has 0 saturated heterocycles. The highest BCUT2D eigenvalue weighted by Gasteiger charge is 2.29. The molecule has 2 N–H and O–H groups in total. The molecule has 1 aromatic carbocycles. The third kappa shape index (κ3) is 4.22. The summed E-state index contributed by atoms with van der Waals surface area (Å²) in [4.78, 5) is 0. The molecule has 2 rings (SSSR count). The maximum atomic E-state index is 6.66. The minimum Gasteiger partial charge on any atom is -0.325 e. The van der Waals surface area contributed by atoms with Gasteiger partial charge in [-0.3, -0.25) is 0 Å². The van der Waals surface area contributed by atoms with Crippen molar-refractivity contribution >= 4 is 11.6 Å². The van der Waals surface area contributed by atoms with Crippen LogP contribution in [0.25, 0.3) is 0 Å². The summed E-state index contributed by atoms with van der Waals surface area (Å²) in [5.41, 5.74) is 7.82. The van der Waals surface area contributed by atoms with E-state index in [2.05, 4.69) is 19.1 Å². The topological polar surface area (TPSA) is 26.0 Å². The molecule has 2 unspecified atom stereocenters. The van der Waals surface area contributed by atoms with E-state index in [0.29, 0.717) is 0 Å². The van der Waals surface area contributed by atoms with Crippen molar-refractivity contribution in [3.63, 3.8) is 0 Å². The fraction of sp³-hybridized carbons (Fsp3) is 0.647. The largest absolute Gasteiger partial charge is 0.325 e. The first kappa shape index (κ1) is 14.9. The van der Waals surface area contributed by atoms with Gasteiger partial charge in [-0.25, -0.2) is 0 Å². The minimum absolute atomic E-state index is 0.0481. The molecule has 2 atom stereocenters. The predicted octanol–water partition coefficient (Wildman–Crippen LogP) is 4.96. The number of benzene rings is 1. The zero-order valence-electron chi connectivity index (χ0n) is 12.0. The van der Waals surface area contributed by atoms with Gasteiger partial charge in [-0.05, 0) is 43.2 Å². The second-order valence-corrected chi connectivity index (χ2v) is 6.62. The molecule has 106 valence electrons. The molecule has 0 bridgehead atoms. The third-order valence-electron chi connectivity index (χ3n) is 4.53. The van der Waals surface area contributed by atoms with Crippen molar-refractivity contribution in [3.8, 4) is 0 Å². The monoisotopic (exact) mass is 279 g/mol. The quantitative estimate of drug-likeness (QED) is 0.775. The summed E-state index contributed by atoms with van der Waals surface area (Å²) in [7, 11) is 0. The lowest BCUT2D eigenvalue weighted by Gasteiger charge is -2.29. The van der Waals surface area contributed by atoms with E-state index in [1.807, 2.05) is 12.1 Å². The molecule has 0 radical (unpaired) electrons. The van der Waals surface area contributed by atoms with Crippen molar-refractivity contribution in [1.29, 1.82) is 0 Å². The summed E-state index contributed by atoms with van der Waals surface area (Å²) in [5.74, 6) is 0.890. The van der Waals surface area contributed by atoms with E-state index in [4.69, 9.17) is 17.3 Å². The Morgan fingerprint density at radius 3 is 2.79 bits per heavy atom. The molecule has 0 spiro atoms. The zero-order valence-corrected chi connectivity index (χ0v) is 12.8. The van der Waals surface area contributed by atoms with E-state index in [9.17, 15) is 0 Å². The molecule has 1 saturated carbocycles. The zero-order chi connectivity index (χ0) is 13.7. The van der Waals surface area contributed by atoms with Gasteiger partial charge in [0.15, 0.2) is 0 Å². The number of hydrogen-bond acceptors (Lipinski definition) is 1. The van der Waals surface area contributed by atoms with Crippen LogP contribution in [0.1, 0.15) is 57.4 Å². The van der Waals surface area contributed by atoms with Crippen LogP contribution < -0.4 is 5.73 Å². The van der Waals surface area contributed by atoms with Gasteiger partial charge in [0, 0.05) is 10.6 Å². The van der Waals surface area contributed by atoms with Crippen molar-refractivity contribution < 1.29 is 0 Å². The Morgan fingerprint density at radius 2 is 2.05 bits per heavy atom. The van der Waals surface area contributed by atoms with Gasteiger partial charge in [-0.15, -0.1) is 0 Å². The molecular weight excluding hydrogens is 254 g/mol. The maximum absolute atomic E-state index is 6.66. The number of rotatable bonds is 4. The van der Waals surface area contributed by atoms with Gasteiger partial charge in [-0.1, -0.05) is 62.4 Å². The molecular formula is C17H26ClN. The van der Waals surface area contributed by atoms with Crippen LogP contribution in [-0.2, 0) is 6.42 Å². The van der Waals surface area contributed by atoms with Crippen molar-refractivity contribution in [2.75, 3.05) is 0 Å². The highest BCUT2D eigenvalue weighted by Crippen LogP contribution is 2.34. The first-order chi connectivity index (χ1) is 9.13. The first-order valence-corrected chi connectivity index (χ1v) is 8.03. The Morgan fingerprint density at radius 1 is 1.26 bits per heavy atom. The molecule has 2 heteroatoms. The third-order valence-corrected chi connectivity index (χ3v) is 4.90. The summed E-state index contributed by atoms with van der Waals surface area (Å²) in [6.45, 7) is 2.28. The number of hydrogen-bond donors (Lipinski definition) is 1. The average Bonchev–Trinajstić information content (AvgIpc) is 2.56. The summed E-state index contributed by atoms with van der Waals surface area (Å²) in [6, 6.07) is 8.13. The first-order valence-electron chi connectivity index (χ1n) is 7.65.